The van der Waals surface area contributed by atoms with Crippen LogP contribution in [0.2, 0.25) is 0 Å². The maximum absolute atomic E-state index is 14.1. The van der Waals surface area contributed by atoms with Gasteiger partial charge in [0.05, 0.1) is 24.8 Å². The molecule has 2 atom stereocenters. The average molecular weight is 481 g/mol. The first-order valence-electron chi connectivity index (χ1n) is 11.4. The number of benzene rings is 2. The van der Waals surface area contributed by atoms with Gasteiger partial charge in [-0.2, -0.15) is 0 Å². The van der Waals surface area contributed by atoms with Crippen LogP contribution in [0.1, 0.15) is 36.6 Å². The zero-order valence-corrected chi connectivity index (χ0v) is 19.7. The summed E-state index contributed by atoms with van der Waals surface area (Å²) in [5.74, 6) is -0.270. The number of imidazole rings is 1. The number of aliphatic hydroxyl groups excluding tert-OH is 1. The quantitative estimate of drug-likeness (QED) is 0.581. The smallest absolute Gasteiger partial charge is 0.263 e. The predicted octanol–water partition coefficient (Wildman–Crippen LogP) is 4.52. The number of rotatable bonds is 5. The molecule has 2 aliphatic rings. The Balaban J connectivity index is 1.51. The Morgan fingerprint density at radius 1 is 1.20 bits per heavy atom. The van der Waals surface area contributed by atoms with Gasteiger partial charge in [-0.1, -0.05) is 11.2 Å². The minimum absolute atomic E-state index is 0.173. The summed E-state index contributed by atoms with van der Waals surface area (Å²) in [5.41, 5.74) is 2.21. The number of halogens is 2. The highest BCUT2D eigenvalue weighted by Gasteiger charge is 2.53. The van der Waals surface area contributed by atoms with E-state index >= 15 is 0 Å². The summed E-state index contributed by atoms with van der Waals surface area (Å²) in [6.45, 7) is 3.97. The molecule has 1 saturated heterocycles. The lowest BCUT2D eigenvalue weighted by Gasteiger charge is -2.41. The number of amidine groups is 1. The molecule has 1 N–H and O–H groups in total. The number of aryl methyl sites for hydroxylation is 1. The molecule has 5 rings (SSSR count). The first-order chi connectivity index (χ1) is 16.8. The normalized spacial score (nSPS) is 21.5. The van der Waals surface area contributed by atoms with E-state index in [4.69, 9.17) is 9.57 Å². The largest absolute Gasteiger partial charge is 0.495 e. The summed E-state index contributed by atoms with van der Waals surface area (Å²) in [6.07, 6.45) is 6.03. The van der Waals surface area contributed by atoms with Gasteiger partial charge in [0, 0.05) is 24.4 Å². The first-order valence-corrected chi connectivity index (χ1v) is 11.4. The summed E-state index contributed by atoms with van der Waals surface area (Å²) < 4.78 is 35.7. The molecule has 0 amide bonds. The van der Waals surface area contributed by atoms with Crippen molar-refractivity contribution in [2.24, 2.45) is 5.16 Å². The third-order valence-electron chi connectivity index (χ3n) is 6.42. The van der Waals surface area contributed by atoms with Crippen LogP contribution in [0, 0.1) is 18.6 Å². The van der Waals surface area contributed by atoms with E-state index in [1.54, 1.807) is 18.3 Å². The van der Waals surface area contributed by atoms with Gasteiger partial charge in [-0.3, -0.25) is 0 Å². The van der Waals surface area contributed by atoms with Crippen molar-refractivity contribution in [2.75, 3.05) is 13.7 Å². The summed E-state index contributed by atoms with van der Waals surface area (Å²) in [6, 6.07) is 8.99. The zero-order chi connectivity index (χ0) is 24.7. The lowest BCUT2D eigenvalue weighted by molar-refractivity contribution is -0.173. The molecule has 1 fully saturated rings. The standard InChI is InChI=1S/C26H26F2N4O3/c1-16-14-31(15-29-16)23-7-6-18(10-24(23)34-3)9-19-5-4-8-32-25(19)30-35-26(32,17(2)33)20-11-21(27)13-22(28)12-20/h6-7,9-15,17,33H,4-5,8H2,1-3H3. The van der Waals surface area contributed by atoms with Gasteiger partial charge in [-0.15, -0.1) is 0 Å². The molecule has 0 saturated carbocycles. The Morgan fingerprint density at radius 3 is 2.63 bits per heavy atom. The molecule has 0 aliphatic carbocycles. The lowest BCUT2D eigenvalue weighted by atomic mass is 9.91. The summed E-state index contributed by atoms with van der Waals surface area (Å²) in [5, 5.41) is 15.0. The molecule has 182 valence electrons. The molecule has 3 heterocycles. The number of oxime groups is 1. The fourth-order valence-corrected chi connectivity index (χ4v) is 4.81. The van der Waals surface area contributed by atoms with Gasteiger partial charge in [0.15, 0.2) is 5.84 Å². The molecular formula is C26H26F2N4O3. The van der Waals surface area contributed by atoms with Crippen molar-refractivity contribution in [1.82, 2.24) is 14.5 Å². The topological polar surface area (TPSA) is 72.1 Å². The predicted molar refractivity (Wildman–Crippen MR) is 127 cm³/mol. The number of methoxy groups -OCH3 is 1. The number of aliphatic hydroxyl groups is 1. The van der Waals surface area contributed by atoms with Gasteiger partial charge in [0.1, 0.15) is 23.5 Å². The maximum Gasteiger partial charge on any atom is 0.263 e. The van der Waals surface area contributed by atoms with E-state index in [2.05, 4.69) is 10.1 Å². The second kappa shape index (κ2) is 8.81. The molecule has 2 unspecified atom stereocenters. The highest BCUT2D eigenvalue weighted by atomic mass is 19.1. The number of hydrogen-bond donors (Lipinski definition) is 1. The Bertz CT molecular complexity index is 1310. The van der Waals surface area contributed by atoms with Gasteiger partial charge in [0.25, 0.3) is 5.72 Å². The van der Waals surface area contributed by atoms with Gasteiger partial charge >= 0.3 is 0 Å². The molecule has 1 aromatic heterocycles. The van der Waals surface area contributed by atoms with Crippen LogP contribution in [0.5, 0.6) is 5.75 Å². The SMILES string of the molecule is COc1cc(C=C2CCCN3C2=NOC3(c2cc(F)cc(F)c2)C(C)O)ccc1-n1cnc(C)c1. The highest BCUT2D eigenvalue weighted by molar-refractivity contribution is 6.03. The maximum atomic E-state index is 14.1. The van der Waals surface area contributed by atoms with Gasteiger partial charge in [0.2, 0.25) is 0 Å². The molecule has 0 spiro atoms. The van der Waals surface area contributed by atoms with Crippen molar-refractivity contribution in [3.63, 3.8) is 0 Å². The van der Waals surface area contributed by atoms with E-state index in [-0.39, 0.29) is 5.56 Å². The molecule has 3 aromatic rings. The minimum Gasteiger partial charge on any atom is -0.495 e. The number of fused-ring (bicyclic) bond motifs is 1. The summed E-state index contributed by atoms with van der Waals surface area (Å²) >= 11 is 0. The molecule has 7 nitrogen and oxygen atoms in total. The molecule has 2 aliphatic heterocycles. The van der Waals surface area contributed by atoms with Crippen molar-refractivity contribution in [3.05, 3.63) is 83.0 Å². The Morgan fingerprint density at radius 2 is 1.97 bits per heavy atom. The van der Waals surface area contributed by atoms with Crippen LogP contribution in [0.3, 0.4) is 0 Å². The molecule has 0 radical (unpaired) electrons. The van der Waals surface area contributed by atoms with Crippen molar-refractivity contribution in [2.45, 2.75) is 38.5 Å². The third-order valence-corrected chi connectivity index (χ3v) is 6.42. The van der Waals surface area contributed by atoms with Gasteiger partial charge in [-0.25, -0.2) is 13.8 Å². The van der Waals surface area contributed by atoms with Crippen LogP contribution in [0.25, 0.3) is 11.8 Å². The lowest BCUT2D eigenvalue weighted by Crippen LogP contribution is -2.54. The number of aromatic nitrogens is 2. The molecular weight excluding hydrogens is 454 g/mol. The Labute approximate surface area is 201 Å². The summed E-state index contributed by atoms with van der Waals surface area (Å²) in [7, 11) is 1.62. The fourth-order valence-electron chi connectivity index (χ4n) is 4.81. The van der Waals surface area contributed by atoms with Crippen LogP contribution in [-0.4, -0.2) is 45.2 Å². The number of hydrogen-bond acceptors (Lipinski definition) is 6. The van der Waals surface area contributed by atoms with Crippen molar-refractivity contribution < 1.29 is 23.5 Å². The molecule has 9 heteroatoms. The molecule has 2 aromatic carbocycles. The van der Waals surface area contributed by atoms with Crippen LogP contribution >= 0.6 is 0 Å². The van der Waals surface area contributed by atoms with Crippen LogP contribution in [0.4, 0.5) is 8.78 Å². The number of ether oxygens (including phenoxy) is 1. The van der Waals surface area contributed by atoms with Gasteiger partial charge < -0.3 is 24.1 Å². The number of nitrogens with zero attached hydrogens (tertiary/aromatic N) is 4. The monoisotopic (exact) mass is 480 g/mol. The van der Waals surface area contributed by atoms with Crippen molar-refractivity contribution in [1.29, 1.82) is 0 Å². The van der Waals surface area contributed by atoms with Crippen LogP contribution in [-0.2, 0) is 10.6 Å². The highest BCUT2D eigenvalue weighted by Crippen LogP contribution is 2.43. The fraction of sp³-hybridized carbons (Fsp3) is 0.308. The van der Waals surface area contributed by atoms with E-state index in [1.165, 1.54) is 19.1 Å². The second-order valence-electron chi connectivity index (χ2n) is 8.82. The second-order valence-corrected chi connectivity index (χ2v) is 8.82. The van der Waals surface area contributed by atoms with E-state index in [0.29, 0.717) is 18.1 Å². The summed E-state index contributed by atoms with van der Waals surface area (Å²) in [4.78, 5) is 11.9. The van der Waals surface area contributed by atoms with Crippen molar-refractivity contribution in [3.8, 4) is 11.4 Å². The van der Waals surface area contributed by atoms with Crippen molar-refractivity contribution >= 4 is 11.9 Å². The molecule has 0 bridgehead atoms. The third kappa shape index (κ3) is 3.95. The van der Waals surface area contributed by atoms with E-state index < -0.39 is 23.5 Å². The molecule has 35 heavy (non-hydrogen) atoms. The average Bonchev–Trinajstić information content (AvgIpc) is 3.43. The Kier molecular flexibility index (Phi) is 5.80. The first kappa shape index (κ1) is 23.0. The van der Waals surface area contributed by atoms with Crippen LogP contribution < -0.4 is 4.74 Å². The van der Waals surface area contributed by atoms with Crippen LogP contribution in [0.15, 0.2) is 59.7 Å². The number of piperidine rings is 1. The zero-order valence-electron chi connectivity index (χ0n) is 19.7. The van der Waals surface area contributed by atoms with Gasteiger partial charge in [-0.05, 0) is 68.2 Å². The van der Waals surface area contributed by atoms with E-state index in [1.807, 2.05) is 42.0 Å². The Hall–Kier alpha value is -3.72. The minimum atomic E-state index is -1.52. The van der Waals surface area contributed by atoms with E-state index in [9.17, 15) is 13.9 Å². The van der Waals surface area contributed by atoms with E-state index in [0.717, 1.165) is 41.4 Å².